The molecule has 0 unspecified atom stereocenters. The van der Waals surface area contributed by atoms with E-state index in [1.165, 1.54) is 0 Å². The SMILES string of the molecule is O=C(Nc1cccc(Cl)c1)c1cccnc1Nc1ccccc1. The van der Waals surface area contributed by atoms with Crippen LogP contribution in [-0.4, -0.2) is 10.9 Å². The topological polar surface area (TPSA) is 54.0 Å². The molecule has 1 amide bonds. The third-order valence-electron chi connectivity index (χ3n) is 3.17. The third kappa shape index (κ3) is 3.87. The van der Waals surface area contributed by atoms with Gasteiger partial charge in [-0.15, -0.1) is 0 Å². The monoisotopic (exact) mass is 323 g/mol. The molecule has 0 fully saturated rings. The van der Waals surface area contributed by atoms with Crippen molar-refractivity contribution >= 4 is 34.7 Å². The number of para-hydroxylation sites is 1. The zero-order valence-electron chi connectivity index (χ0n) is 12.2. The van der Waals surface area contributed by atoms with Gasteiger partial charge in [-0.1, -0.05) is 35.9 Å². The summed E-state index contributed by atoms with van der Waals surface area (Å²) >= 11 is 5.94. The van der Waals surface area contributed by atoms with E-state index in [9.17, 15) is 4.79 Å². The van der Waals surface area contributed by atoms with Crippen LogP contribution in [0, 0.1) is 0 Å². The minimum Gasteiger partial charge on any atom is -0.340 e. The Labute approximate surface area is 139 Å². The van der Waals surface area contributed by atoms with Gasteiger partial charge in [-0.05, 0) is 42.5 Å². The maximum Gasteiger partial charge on any atom is 0.259 e. The first-order chi connectivity index (χ1) is 11.2. The molecule has 23 heavy (non-hydrogen) atoms. The van der Waals surface area contributed by atoms with E-state index in [4.69, 9.17) is 11.6 Å². The van der Waals surface area contributed by atoms with Crippen molar-refractivity contribution in [2.45, 2.75) is 0 Å². The maximum absolute atomic E-state index is 12.5. The van der Waals surface area contributed by atoms with E-state index >= 15 is 0 Å². The van der Waals surface area contributed by atoms with Crippen molar-refractivity contribution in [2.75, 3.05) is 10.6 Å². The average molecular weight is 324 g/mol. The van der Waals surface area contributed by atoms with Crippen LogP contribution in [-0.2, 0) is 0 Å². The number of rotatable bonds is 4. The van der Waals surface area contributed by atoms with Crippen LogP contribution in [0.3, 0.4) is 0 Å². The first kappa shape index (κ1) is 15.1. The second-order valence-corrected chi connectivity index (χ2v) is 5.29. The number of hydrogen-bond donors (Lipinski definition) is 2. The van der Waals surface area contributed by atoms with Gasteiger partial charge in [0.25, 0.3) is 5.91 Å². The molecule has 0 aliphatic rings. The molecule has 1 aromatic heterocycles. The molecule has 3 rings (SSSR count). The van der Waals surface area contributed by atoms with Crippen molar-refractivity contribution < 1.29 is 4.79 Å². The van der Waals surface area contributed by atoms with Crippen LogP contribution in [0.2, 0.25) is 5.02 Å². The molecular weight excluding hydrogens is 310 g/mol. The van der Waals surface area contributed by atoms with Crippen molar-refractivity contribution in [3.05, 3.63) is 83.5 Å². The molecule has 4 nitrogen and oxygen atoms in total. The highest BCUT2D eigenvalue weighted by Crippen LogP contribution is 2.20. The lowest BCUT2D eigenvalue weighted by Gasteiger charge is -2.11. The summed E-state index contributed by atoms with van der Waals surface area (Å²) in [7, 11) is 0. The smallest absolute Gasteiger partial charge is 0.259 e. The Balaban J connectivity index is 1.83. The predicted octanol–water partition coefficient (Wildman–Crippen LogP) is 4.73. The Kier molecular flexibility index (Phi) is 4.54. The van der Waals surface area contributed by atoms with Crippen molar-refractivity contribution in [1.82, 2.24) is 4.98 Å². The van der Waals surface area contributed by atoms with Gasteiger partial charge in [0.1, 0.15) is 5.82 Å². The van der Waals surface area contributed by atoms with Gasteiger partial charge in [-0.2, -0.15) is 0 Å². The Morgan fingerprint density at radius 3 is 2.48 bits per heavy atom. The van der Waals surface area contributed by atoms with E-state index < -0.39 is 0 Å². The van der Waals surface area contributed by atoms with Gasteiger partial charge in [0.05, 0.1) is 5.56 Å². The number of pyridine rings is 1. The molecule has 0 bridgehead atoms. The van der Waals surface area contributed by atoms with Crippen molar-refractivity contribution in [1.29, 1.82) is 0 Å². The van der Waals surface area contributed by atoms with Crippen molar-refractivity contribution in [2.24, 2.45) is 0 Å². The molecule has 0 radical (unpaired) electrons. The largest absolute Gasteiger partial charge is 0.340 e. The lowest BCUT2D eigenvalue weighted by Crippen LogP contribution is -2.14. The molecule has 2 aromatic carbocycles. The molecular formula is C18H14ClN3O. The summed E-state index contributed by atoms with van der Waals surface area (Å²) in [4.78, 5) is 16.8. The lowest BCUT2D eigenvalue weighted by molar-refractivity contribution is 0.102. The van der Waals surface area contributed by atoms with E-state index in [2.05, 4.69) is 15.6 Å². The van der Waals surface area contributed by atoms with Crippen molar-refractivity contribution in [3.8, 4) is 0 Å². The molecule has 0 aliphatic heterocycles. The van der Waals surface area contributed by atoms with Crippen LogP contribution in [0.4, 0.5) is 17.2 Å². The quantitative estimate of drug-likeness (QED) is 0.729. The fourth-order valence-corrected chi connectivity index (χ4v) is 2.30. The number of halogens is 1. The van der Waals surface area contributed by atoms with Gasteiger partial charge < -0.3 is 10.6 Å². The standard InChI is InChI=1S/C18H14ClN3O/c19-13-6-4-9-15(12-13)22-18(23)16-10-5-11-20-17(16)21-14-7-2-1-3-8-14/h1-12H,(H,20,21)(H,22,23). The molecule has 0 saturated heterocycles. The molecule has 114 valence electrons. The van der Waals surface area contributed by atoms with Gasteiger partial charge >= 0.3 is 0 Å². The molecule has 0 saturated carbocycles. The number of carbonyl (C=O) groups is 1. The molecule has 1 heterocycles. The summed E-state index contributed by atoms with van der Waals surface area (Å²) in [5.41, 5.74) is 1.95. The number of amides is 1. The van der Waals surface area contributed by atoms with Crippen LogP contribution < -0.4 is 10.6 Å². The Hall–Kier alpha value is -2.85. The molecule has 2 N–H and O–H groups in total. The Morgan fingerprint density at radius 1 is 0.913 bits per heavy atom. The Morgan fingerprint density at radius 2 is 1.70 bits per heavy atom. The minimum atomic E-state index is -0.251. The third-order valence-corrected chi connectivity index (χ3v) is 3.41. The van der Waals surface area contributed by atoms with E-state index in [-0.39, 0.29) is 5.91 Å². The van der Waals surface area contributed by atoms with E-state index in [1.807, 2.05) is 30.3 Å². The second-order valence-electron chi connectivity index (χ2n) is 4.86. The molecule has 0 spiro atoms. The zero-order chi connectivity index (χ0) is 16.1. The zero-order valence-corrected chi connectivity index (χ0v) is 12.9. The summed E-state index contributed by atoms with van der Waals surface area (Å²) in [5.74, 6) is 0.247. The van der Waals surface area contributed by atoms with Gasteiger partial charge in [0, 0.05) is 22.6 Å². The van der Waals surface area contributed by atoms with E-state index in [0.717, 1.165) is 5.69 Å². The first-order valence-electron chi connectivity index (χ1n) is 7.06. The van der Waals surface area contributed by atoms with Crippen molar-refractivity contribution in [3.63, 3.8) is 0 Å². The highest BCUT2D eigenvalue weighted by molar-refractivity contribution is 6.31. The normalized spacial score (nSPS) is 10.1. The van der Waals surface area contributed by atoms with Crippen LogP contribution in [0.5, 0.6) is 0 Å². The number of nitrogens with one attached hydrogen (secondary N) is 2. The number of carbonyl (C=O) groups excluding carboxylic acids is 1. The molecule has 3 aromatic rings. The van der Waals surface area contributed by atoms with Crippen LogP contribution in [0.15, 0.2) is 72.9 Å². The van der Waals surface area contributed by atoms with Gasteiger partial charge in [0.2, 0.25) is 0 Å². The second kappa shape index (κ2) is 6.94. The first-order valence-corrected chi connectivity index (χ1v) is 7.44. The molecule has 0 aliphatic carbocycles. The van der Waals surface area contributed by atoms with Crippen LogP contribution in [0.25, 0.3) is 0 Å². The van der Waals surface area contributed by atoms with E-state index in [0.29, 0.717) is 22.1 Å². The highest BCUT2D eigenvalue weighted by Gasteiger charge is 2.12. The summed E-state index contributed by atoms with van der Waals surface area (Å²) < 4.78 is 0. The fraction of sp³-hybridized carbons (Fsp3) is 0. The predicted molar refractivity (Wildman–Crippen MR) is 93.4 cm³/mol. The fourth-order valence-electron chi connectivity index (χ4n) is 2.11. The number of hydrogen-bond acceptors (Lipinski definition) is 3. The summed E-state index contributed by atoms with van der Waals surface area (Å²) in [6.07, 6.45) is 1.64. The van der Waals surface area contributed by atoms with Crippen LogP contribution >= 0.6 is 11.6 Å². The minimum absolute atomic E-state index is 0.251. The highest BCUT2D eigenvalue weighted by atomic mass is 35.5. The van der Waals surface area contributed by atoms with Gasteiger partial charge in [-0.25, -0.2) is 4.98 Å². The summed E-state index contributed by atoms with van der Waals surface area (Å²) in [5, 5.41) is 6.54. The van der Waals surface area contributed by atoms with Crippen LogP contribution in [0.1, 0.15) is 10.4 Å². The maximum atomic E-state index is 12.5. The number of nitrogens with zero attached hydrogens (tertiary/aromatic N) is 1. The average Bonchev–Trinajstić information content (AvgIpc) is 2.56. The number of benzene rings is 2. The number of aromatic nitrogens is 1. The summed E-state index contributed by atoms with van der Waals surface area (Å²) in [6, 6.07) is 20.0. The number of anilines is 3. The summed E-state index contributed by atoms with van der Waals surface area (Å²) in [6.45, 7) is 0. The molecule has 0 atom stereocenters. The lowest BCUT2D eigenvalue weighted by atomic mass is 10.2. The van der Waals surface area contributed by atoms with E-state index in [1.54, 1.807) is 42.6 Å². The molecule has 5 heteroatoms. The van der Waals surface area contributed by atoms with Gasteiger partial charge in [-0.3, -0.25) is 4.79 Å². The Bertz CT molecular complexity index is 821. The van der Waals surface area contributed by atoms with Gasteiger partial charge in [0.15, 0.2) is 0 Å².